The van der Waals surface area contributed by atoms with E-state index in [4.69, 9.17) is 5.84 Å². The molecule has 0 aliphatic carbocycles. The molecule has 0 spiro atoms. The first kappa shape index (κ1) is 13.7. The summed E-state index contributed by atoms with van der Waals surface area (Å²) in [5, 5.41) is 0. The van der Waals surface area contributed by atoms with Crippen LogP contribution in [0.4, 0.5) is 0 Å². The van der Waals surface area contributed by atoms with E-state index in [0.717, 1.165) is 12.8 Å². The van der Waals surface area contributed by atoms with E-state index in [-0.39, 0.29) is 6.04 Å². The van der Waals surface area contributed by atoms with E-state index in [1.807, 2.05) is 12.3 Å². The summed E-state index contributed by atoms with van der Waals surface area (Å²) in [6, 6.07) is 10.8. The Labute approximate surface area is 114 Å². The summed E-state index contributed by atoms with van der Waals surface area (Å²) in [5.41, 5.74) is 8.02. The van der Waals surface area contributed by atoms with Crippen LogP contribution in [0.25, 0.3) is 0 Å². The van der Waals surface area contributed by atoms with Crippen LogP contribution in [0.15, 0.2) is 42.7 Å². The summed E-state index contributed by atoms with van der Waals surface area (Å²) in [6.45, 7) is 4.26. The molecule has 3 heteroatoms. The van der Waals surface area contributed by atoms with Crippen LogP contribution in [0.2, 0.25) is 0 Å². The third-order valence-electron chi connectivity index (χ3n) is 3.58. The maximum atomic E-state index is 5.69. The molecule has 0 bridgehead atoms. The number of rotatable bonds is 5. The van der Waals surface area contributed by atoms with E-state index >= 15 is 0 Å². The van der Waals surface area contributed by atoms with E-state index in [0.29, 0.717) is 0 Å². The zero-order chi connectivity index (χ0) is 13.7. The van der Waals surface area contributed by atoms with Gasteiger partial charge in [-0.25, -0.2) is 0 Å². The normalized spacial score (nSPS) is 12.4. The molecule has 0 saturated heterocycles. The molecule has 0 amide bonds. The van der Waals surface area contributed by atoms with Crippen LogP contribution < -0.4 is 11.3 Å². The fourth-order valence-corrected chi connectivity index (χ4v) is 2.18. The average Bonchev–Trinajstić information content (AvgIpc) is 2.44. The maximum absolute atomic E-state index is 5.69. The Balaban J connectivity index is 2.05. The molecule has 19 heavy (non-hydrogen) atoms. The van der Waals surface area contributed by atoms with Crippen molar-refractivity contribution in [2.75, 3.05) is 0 Å². The number of pyridine rings is 1. The smallest absolute Gasteiger partial charge is 0.0463 e. The maximum Gasteiger partial charge on any atom is 0.0463 e. The molecule has 1 aromatic carbocycles. The third-order valence-corrected chi connectivity index (χ3v) is 3.58. The van der Waals surface area contributed by atoms with E-state index in [1.165, 1.54) is 22.3 Å². The number of nitrogens with two attached hydrogens (primary N) is 1. The van der Waals surface area contributed by atoms with Gasteiger partial charge in [-0.15, -0.1) is 0 Å². The molecule has 1 unspecified atom stereocenters. The van der Waals surface area contributed by atoms with Crippen molar-refractivity contribution in [2.45, 2.75) is 32.7 Å². The van der Waals surface area contributed by atoms with Crippen molar-refractivity contribution in [1.82, 2.24) is 10.4 Å². The largest absolute Gasteiger partial charge is 0.271 e. The molecule has 3 nitrogen and oxygen atoms in total. The number of benzene rings is 1. The fraction of sp³-hybridized carbons (Fsp3) is 0.312. The van der Waals surface area contributed by atoms with E-state index < -0.39 is 0 Å². The number of hydrazine groups is 1. The Morgan fingerprint density at radius 3 is 2.68 bits per heavy atom. The number of nitrogens with one attached hydrogen (secondary N) is 1. The van der Waals surface area contributed by atoms with Crippen molar-refractivity contribution in [2.24, 2.45) is 5.84 Å². The van der Waals surface area contributed by atoms with Crippen LogP contribution in [-0.2, 0) is 6.42 Å². The summed E-state index contributed by atoms with van der Waals surface area (Å²) in [4.78, 5) is 4.14. The minimum absolute atomic E-state index is 0.180. The van der Waals surface area contributed by atoms with E-state index in [9.17, 15) is 0 Å². The second-order valence-corrected chi connectivity index (χ2v) is 4.96. The lowest BCUT2D eigenvalue weighted by atomic mass is 9.97. The highest BCUT2D eigenvalue weighted by Crippen LogP contribution is 2.21. The van der Waals surface area contributed by atoms with Gasteiger partial charge in [-0.2, -0.15) is 0 Å². The molecule has 3 N–H and O–H groups in total. The van der Waals surface area contributed by atoms with Crippen LogP contribution in [-0.4, -0.2) is 4.98 Å². The minimum Gasteiger partial charge on any atom is -0.271 e. The predicted molar refractivity (Wildman–Crippen MR) is 78.5 cm³/mol. The van der Waals surface area contributed by atoms with Gasteiger partial charge in [0.25, 0.3) is 0 Å². The van der Waals surface area contributed by atoms with Crippen LogP contribution in [0.3, 0.4) is 0 Å². The molecule has 1 aromatic heterocycles. The second-order valence-electron chi connectivity index (χ2n) is 4.96. The molecule has 1 atom stereocenters. The Morgan fingerprint density at radius 1 is 1.21 bits per heavy atom. The quantitative estimate of drug-likeness (QED) is 0.638. The van der Waals surface area contributed by atoms with Crippen molar-refractivity contribution in [3.05, 3.63) is 65.0 Å². The van der Waals surface area contributed by atoms with Crippen molar-refractivity contribution in [3.63, 3.8) is 0 Å². The predicted octanol–water partition coefficient (Wildman–Crippen LogP) is 2.84. The zero-order valence-corrected chi connectivity index (χ0v) is 11.6. The fourth-order valence-electron chi connectivity index (χ4n) is 2.18. The summed E-state index contributed by atoms with van der Waals surface area (Å²) in [6.07, 6.45) is 5.64. The van der Waals surface area contributed by atoms with Gasteiger partial charge >= 0.3 is 0 Å². The highest BCUT2D eigenvalue weighted by Gasteiger charge is 2.10. The summed E-state index contributed by atoms with van der Waals surface area (Å²) >= 11 is 0. The lowest BCUT2D eigenvalue weighted by molar-refractivity contribution is 0.516. The first-order valence-electron chi connectivity index (χ1n) is 6.63. The lowest BCUT2D eigenvalue weighted by Gasteiger charge is -2.17. The molecule has 0 saturated carbocycles. The highest BCUT2D eigenvalue weighted by atomic mass is 15.2. The molecule has 0 aliphatic rings. The summed E-state index contributed by atoms with van der Waals surface area (Å²) < 4.78 is 0. The van der Waals surface area contributed by atoms with Gasteiger partial charge in [-0.1, -0.05) is 24.3 Å². The Morgan fingerprint density at radius 2 is 2.05 bits per heavy atom. The van der Waals surface area contributed by atoms with Crippen molar-refractivity contribution in [3.8, 4) is 0 Å². The molecule has 0 radical (unpaired) electrons. The highest BCUT2D eigenvalue weighted by molar-refractivity contribution is 5.31. The van der Waals surface area contributed by atoms with E-state index in [2.05, 4.69) is 48.5 Å². The summed E-state index contributed by atoms with van der Waals surface area (Å²) in [7, 11) is 0. The topological polar surface area (TPSA) is 50.9 Å². The van der Waals surface area contributed by atoms with Gasteiger partial charge in [0.15, 0.2) is 0 Å². The zero-order valence-electron chi connectivity index (χ0n) is 11.6. The van der Waals surface area contributed by atoms with Gasteiger partial charge in [0, 0.05) is 18.4 Å². The minimum atomic E-state index is 0.180. The average molecular weight is 255 g/mol. The standard InChI is InChI=1S/C16H21N3/c1-12-5-7-15(10-13(12)2)16(19-17)8-6-14-4-3-9-18-11-14/h3-5,7,9-11,16,19H,6,8,17H2,1-2H3. The monoisotopic (exact) mass is 255 g/mol. The van der Waals surface area contributed by atoms with Gasteiger partial charge in [0.05, 0.1) is 0 Å². The first-order valence-corrected chi connectivity index (χ1v) is 6.63. The SMILES string of the molecule is Cc1ccc(C(CCc2cccnc2)NN)cc1C. The molecule has 0 aliphatic heterocycles. The van der Waals surface area contributed by atoms with Gasteiger partial charge in [-0.05, 0) is 55.0 Å². The molecule has 2 rings (SSSR count). The van der Waals surface area contributed by atoms with E-state index in [1.54, 1.807) is 6.20 Å². The van der Waals surface area contributed by atoms with Gasteiger partial charge < -0.3 is 0 Å². The number of hydrogen-bond acceptors (Lipinski definition) is 3. The number of aromatic nitrogens is 1. The first-order chi connectivity index (χ1) is 9.20. The third kappa shape index (κ3) is 3.63. The van der Waals surface area contributed by atoms with Crippen LogP contribution >= 0.6 is 0 Å². The van der Waals surface area contributed by atoms with Gasteiger partial charge in [0.2, 0.25) is 0 Å². The van der Waals surface area contributed by atoms with Crippen molar-refractivity contribution in [1.29, 1.82) is 0 Å². The summed E-state index contributed by atoms with van der Waals surface area (Å²) in [5.74, 6) is 5.69. The lowest BCUT2D eigenvalue weighted by Crippen LogP contribution is -2.28. The number of hydrogen-bond donors (Lipinski definition) is 2. The molecule has 100 valence electrons. The number of aryl methyl sites for hydroxylation is 3. The molecule has 0 fully saturated rings. The van der Waals surface area contributed by atoms with Crippen molar-refractivity contribution < 1.29 is 0 Å². The van der Waals surface area contributed by atoms with Crippen LogP contribution in [0.1, 0.15) is 34.7 Å². The second kappa shape index (κ2) is 6.45. The van der Waals surface area contributed by atoms with Gasteiger partial charge in [-0.3, -0.25) is 16.3 Å². The molecular weight excluding hydrogens is 234 g/mol. The number of nitrogens with zero attached hydrogens (tertiary/aromatic N) is 1. The Bertz CT molecular complexity index is 523. The van der Waals surface area contributed by atoms with Crippen molar-refractivity contribution >= 4 is 0 Å². The molecule has 2 aromatic rings. The molecular formula is C16H21N3. The van der Waals surface area contributed by atoms with Gasteiger partial charge in [0.1, 0.15) is 0 Å². The van der Waals surface area contributed by atoms with Crippen LogP contribution in [0, 0.1) is 13.8 Å². The Hall–Kier alpha value is -1.71. The molecule has 1 heterocycles. The van der Waals surface area contributed by atoms with Crippen LogP contribution in [0.5, 0.6) is 0 Å². The Kier molecular flexibility index (Phi) is 4.66.